The van der Waals surface area contributed by atoms with Crippen molar-refractivity contribution >= 4 is 104 Å². The summed E-state index contributed by atoms with van der Waals surface area (Å²) in [4.78, 5) is 0. The highest BCUT2D eigenvalue weighted by Crippen LogP contribution is 1.95. The lowest BCUT2D eigenvalue weighted by atomic mass is 14.0. The topological polar surface area (TPSA) is 881 Å². The molecular formula is H31N7O40S10. The number of rotatable bonds is 15. The minimum atomic E-state index is -5.02. The molecule has 31 N–H and O–H groups in total. The molecule has 0 fully saturated rings. The molecule has 0 spiro atoms. The van der Waals surface area contributed by atoms with E-state index in [4.69, 9.17) is 45.5 Å². The van der Waals surface area contributed by atoms with Gasteiger partial charge >= 0.3 is 104 Å². The van der Waals surface area contributed by atoms with Gasteiger partial charge in [0.15, 0.2) is 0 Å². The Morgan fingerprint density at radius 1 is 0.158 bits per heavy atom. The van der Waals surface area contributed by atoms with Crippen molar-refractivity contribution in [2.24, 2.45) is 0 Å². The second-order valence-electron chi connectivity index (χ2n) is 4.96. The molecule has 0 aliphatic rings. The largest absolute Gasteiger partial charge is 0.425 e. The zero-order valence-electron chi connectivity index (χ0n) is 25.8. The Bertz CT molecular complexity index is 1620. The van der Waals surface area contributed by atoms with Crippen LogP contribution in [0.1, 0.15) is 0 Å². The first kappa shape index (κ1) is 87.1. The minimum Gasteiger partial charge on any atom is -0.344 e. The van der Waals surface area contributed by atoms with Crippen molar-refractivity contribution in [1.82, 2.24) is 43.1 Å². The van der Waals surface area contributed by atoms with E-state index in [1.807, 2.05) is 0 Å². The van der Waals surface area contributed by atoms with Gasteiger partial charge in [0.05, 0.1) is 0 Å². The monoisotopic (exact) mass is 1090 g/mol. The van der Waals surface area contributed by atoms with Gasteiger partial charge in [-0.3, -0.25) is 45.5 Å². The lowest BCUT2D eigenvalue weighted by Crippen LogP contribution is -2.10. The molecule has 0 aliphatic carbocycles. The maximum atomic E-state index is 9.51. The van der Waals surface area contributed by atoms with Gasteiger partial charge in [-0.2, -0.15) is 84.2 Å². The molecule has 0 aliphatic heterocycles. The minimum absolute atomic E-state index is 0. The van der Waals surface area contributed by atoms with Gasteiger partial charge in [-0.1, -0.05) is 43.3 Å². The fourth-order valence-corrected chi connectivity index (χ4v) is 3.16. The standard InChI is InChI=1S/7H3N.5H2O8S2/c;;;;;;;5*1-9(2,3)7-8-10(4,5)6/h7*1H3;5*(H,1,2,3)(H,4,5,6). The van der Waals surface area contributed by atoms with E-state index >= 15 is 0 Å². The van der Waals surface area contributed by atoms with E-state index in [0.717, 1.165) is 0 Å². The van der Waals surface area contributed by atoms with Crippen LogP contribution in [0, 0.1) is 0 Å². The average Bonchev–Trinajstić information content (AvgIpc) is 2.75. The zero-order valence-corrected chi connectivity index (χ0v) is 33.9. The molecule has 47 nitrogen and oxygen atoms in total. The summed E-state index contributed by atoms with van der Waals surface area (Å²) in [5.74, 6) is 0. The molecule has 0 unspecified atom stereocenters. The van der Waals surface area contributed by atoms with Gasteiger partial charge in [0, 0.05) is 0 Å². The van der Waals surface area contributed by atoms with E-state index < -0.39 is 104 Å². The summed E-state index contributed by atoms with van der Waals surface area (Å²) in [6.45, 7) is 0. The van der Waals surface area contributed by atoms with E-state index in [-0.39, 0.29) is 43.1 Å². The third kappa shape index (κ3) is 134. The van der Waals surface area contributed by atoms with Crippen LogP contribution in [0.15, 0.2) is 0 Å². The lowest BCUT2D eigenvalue weighted by molar-refractivity contribution is -0.105. The van der Waals surface area contributed by atoms with E-state index in [1.54, 1.807) is 0 Å². The first-order chi connectivity index (χ1) is 21.0. The van der Waals surface area contributed by atoms with Crippen molar-refractivity contribution in [2.75, 3.05) is 0 Å². The van der Waals surface area contributed by atoms with Gasteiger partial charge < -0.3 is 43.1 Å². The molecule has 0 heterocycles. The molecule has 0 saturated heterocycles. The van der Waals surface area contributed by atoms with Crippen molar-refractivity contribution in [3.63, 3.8) is 0 Å². The Hall–Kier alpha value is -1.58. The van der Waals surface area contributed by atoms with Crippen molar-refractivity contribution in [2.45, 2.75) is 0 Å². The van der Waals surface area contributed by atoms with Crippen LogP contribution in [-0.2, 0) is 147 Å². The smallest absolute Gasteiger partial charge is 0.344 e. The van der Waals surface area contributed by atoms with E-state index in [2.05, 4.69) is 43.3 Å². The van der Waals surface area contributed by atoms with Crippen LogP contribution in [0.4, 0.5) is 0 Å². The fraction of sp³-hybridized carbons (Fsp3) is 0. The van der Waals surface area contributed by atoms with Crippen LogP contribution in [0.2, 0.25) is 0 Å². The summed E-state index contributed by atoms with van der Waals surface area (Å²) in [6.07, 6.45) is 0. The molecule has 0 aromatic rings. The van der Waals surface area contributed by atoms with Crippen LogP contribution >= 0.6 is 0 Å². The maximum Gasteiger partial charge on any atom is 0.425 e. The van der Waals surface area contributed by atoms with Crippen molar-refractivity contribution in [1.29, 1.82) is 0 Å². The van der Waals surface area contributed by atoms with Gasteiger partial charge in [0.2, 0.25) is 0 Å². The van der Waals surface area contributed by atoms with Crippen LogP contribution in [-0.4, -0.2) is 130 Å². The normalized spacial score (nSPS) is 11.8. The molecule has 0 bridgehead atoms. The molecule has 0 saturated carbocycles. The number of hydrogen-bond acceptors (Lipinski definition) is 37. The van der Waals surface area contributed by atoms with E-state index in [1.165, 1.54) is 0 Å². The molecule has 0 amide bonds. The van der Waals surface area contributed by atoms with Crippen LogP contribution in [0.3, 0.4) is 0 Å². The van der Waals surface area contributed by atoms with Gasteiger partial charge in [0.1, 0.15) is 0 Å². The molecule has 366 valence electrons. The second kappa shape index (κ2) is 33.2. The summed E-state index contributed by atoms with van der Waals surface area (Å²) in [6, 6.07) is 0. The van der Waals surface area contributed by atoms with Crippen LogP contribution in [0.5, 0.6) is 0 Å². The zero-order chi connectivity index (χ0) is 42.1. The Morgan fingerprint density at radius 3 is 0.211 bits per heavy atom. The van der Waals surface area contributed by atoms with E-state index in [9.17, 15) is 84.2 Å². The highest BCUT2D eigenvalue weighted by molar-refractivity contribution is 7.84. The third-order valence-electron chi connectivity index (χ3n) is 0.999. The quantitative estimate of drug-likeness (QED) is 0.0412. The van der Waals surface area contributed by atoms with Crippen LogP contribution < -0.4 is 43.1 Å². The number of hydrogen-bond donors (Lipinski definition) is 17. The molecule has 0 aromatic carbocycles. The maximum absolute atomic E-state index is 9.51. The summed E-state index contributed by atoms with van der Waals surface area (Å²) in [5, 5.41) is 0. The molecule has 0 radical (unpaired) electrons. The summed E-state index contributed by atoms with van der Waals surface area (Å²) in [7, 11) is -50.2. The highest BCUT2D eigenvalue weighted by atomic mass is 32.3. The Labute approximate surface area is 319 Å². The molecule has 0 atom stereocenters. The van der Waals surface area contributed by atoms with Gasteiger partial charge in [-0.05, 0) is 0 Å². The van der Waals surface area contributed by atoms with Gasteiger partial charge in [-0.15, -0.1) is 0 Å². The molecule has 57 heteroatoms. The Balaban J connectivity index is -0.0000000431. The summed E-state index contributed by atoms with van der Waals surface area (Å²) >= 11 is 0. The predicted octanol–water partition coefficient (Wildman–Crippen LogP) is -6.17. The highest BCUT2D eigenvalue weighted by Gasteiger charge is 2.16. The molecule has 0 aromatic heterocycles. The van der Waals surface area contributed by atoms with Crippen molar-refractivity contribution in [3.8, 4) is 0 Å². The summed E-state index contributed by atoms with van der Waals surface area (Å²) < 4.78 is 294. The predicted molar refractivity (Wildman–Crippen MR) is 161 cm³/mol. The van der Waals surface area contributed by atoms with Crippen molar-refractivity contribution in [3.05, 3.63) is 0 Å². The van der Waals surface area contributed by atoms with Crippen LogP contribution in [0.25, 0.3) is 0 Å². The van der Waals surface area contributed by atoms with Crippen molar-refractivity contribution < 1.29 is 173 Å². The van der Waals surface area contributed by atoms with Gasteiger partial charge in [0.25, 0.3) is 0 Å². The third-order valence-corrected chi connectivity index (χ3v) is 3.83. The SMILES string of the molecule is N.N.N.N.N.N.N.O=S(=O)(O)OOS(=O)(=O)O.O=S(=O)(O)OOS(=O)(=O)O.O=S(=O)(O)OOS(=O)(=O)O.O=S(=O)(O)OOS(=O)(=O)O.O=S(=O)(O)OOS(=O)(=O)O. The molecule has 57 heavy (non-hydrogen) atoms. The average molecular weight is 1090 g/mol. The first-order valence-electron chi connectivity index (χ1n) is 7.66. The van der Waals surface area contributed by atoms with Gasteiger partial charge in [-0.25, -0.2) is 0 Å². The summed E-state index contributed by atoms with van der Waals surface area (Å²) in [5.41, 5.74) is 0. The van der Waals surface area contributed by atoms with E-state index in [0.29, 0.717) is 0 Å². The lowest BCUT2D eigenvalue weighted by Gasteiger charge is -1.92. The Morgan fingerprint density at radius 2 is 0.193 bits per heavy atom. The molecule has 0 rings (SSSR count). The Kier molecular flexibility index (Phi) is 50.7. The molecular weight excluding hydrogens is 1060 g/mol. The fourth-order valence-electron chi connectivity index (χ4n) is 0.351. The second-order valence-corrected chi connectivity index (χ2v) is 14.9. The first-order valence-corrected chi connectivity index (χ1v) is 21.3.